The first-order valence-corrected chi connectivity index (χ1v) is 6.85. The summed E-state index contributed by atoms with van der Waals surface area (Å²) in [4.78, 5) is 0. The standard InChI is InChI=1S/C15H21NO/c1-2-6-14-12(4-1)7-8-15(14)16-13-5-3-10-17-11-9-13/h1-2,4,6,13,15-16H,3,5,7-11H2/t13-,15+/m1/s1. The van der Waals surface area contributed by atoms with E-state index in [9.17, 15) is 0 Å². The first-order valence-electron chi connectivity index (χ1n) is 6.85. The van der Waals surface area contributed by atoms with Crippen LogP contribution >= 0.6 is 0 Å². The van der Waals surface area contributed by atoms with Crippen molar-refractivity contribution in [3.63, 3.8) is 0 Å². The van der Waals surface area contributed by atoms with Crippen LogP contribution in [0.25, 0.3) is 0 Å². The fourth-order valence-corrected chi connectivity index (χ4v) is 3.09. The quantitative estimate of drug-likeness (QED) is 0.845. The average Bonchev–Trinajstić information content (AvgIpc) is 2.59. The molecular formula is C15H21NO. The van der Waals surface area contributed by atoms with Gasteiger partial charge in [-0.2, -0.15) is 0 Å². The summed E-state index contributed by atoms with van der Waals surface area (Å²) in [6, 6.07) is 10.1. The molecule has 1 aliphatic carbocycles. The summed E-state index contributed by atoms with van der Waals surface area (Å²) >= 11 is 0. The lowest BCUT2D eigenvalue weighted by Crippen LogP contribution is -2.32. The maximum atomic E-state index is 5.52. The van der Waals surface area contributed by atoms with Gasteiger partial charge in [0.15, 0.2) is 0 Å². The highest BCUT2D eigenvalue weighted by Gasteiger charge is 2.24. The smallest absolute Gasteiger partial charge is 0.0480 e. The second kappa shape index (κ2) is 5.19. The number of benzene rings is 1. The summed E-state index contributed by atoms with van der Waals surface area (Å²) < 4.78 is 5.52. The molecular weight excluding hydrogens is 210 g/mol. The van der Waals surface area contributed by atoms with Crippen LogP contribution < -0.4 is 5.32 Å². The highest BCUT2D eigenvalue weighted by atomic mass is 16.5. The topological polar surface area (TPSA) is 21.3 Å². The maximum absolute atomic E-state index is 5.52. The van der Waals surface area contributed by atoms with Crippen LogP contribution in [0.3, 0.4) is 0 Å². The van der Waals surface area contributed by atoms with Gasteiger partial charge in [0, 0.05) is 25.3 Å². The molecule has 1 aliphatic heterocycles. The van der Waals surface area contributed by atoms with E-state index < -0.39 is 0 Å². The lowest BCUT2D eigenvalue weighted by Gasteiger charge is -2.22. The van der Waals surface area contributed by atoms with Crippen molar-refractivity contribution in [1.82, 2.24) is 5.32 Å². The Balaban J connectivity index is 1.66. The third-order valence-electron chi connectivity index (χ3n) is 4.02. The van der Waals surface area contributed by atoms with Crippen LogP contribution in [0.1, 0.15) is 42.9 Å². The molecule has 0 spiro atoms. The van der Waals surface area contributed by atoms with Gasteiger partial charge in [-0.15, -0.1) is 0 Å². The van der Waals surface area contributed by atoms with E-state index in [0.717, 1.165) is 13.2 Å². The molecule has 92 valence electrons. The van der Waals surface area contributed by atoms with Crippen LogP contribution in [0, 0.1) is 0 Å². The minimum Gasteiger partial charge on any atom is -0.381 e. The van der Waals surface area contributed by atoms with E-state index in [1.165, 1.54) is 43.2 Å². The van der Waals surface area contributed by atoms with Crippen molar-refractivity contribution in [3.05, 3.63) is 35.4 Å². The molecule has 1 saturated heterocycles. The molecule has 1 heterocycles. The SMILES string of the molecule is c1ccc2c(c1)CC[C@@H]2N[C@@H]1CCCOCC1. The highest BCUT2D eigenvalue weighted by Crippen LogP contribution is 2.31. The molecule has 0 unspecified atom stereocenters. The minimum absolute atomic E-state index is 0.578. The Morgan fingerprint density at radius 1 is 1.06 bits per heavy atom. The van der Waals surface area contributed by atoms with Gasteiger partial charge in [0.1, 0.15) is 0 Å². The number of rotatable bonds is 2. The summed E-state index contributed by atoms with van der Waals surface area (Å²) in [6.45, 7) is 1.87. The molecule has 2 nitrogen and oxygen atoms in total. The van der Waals surface area contributed by atoms with E-state index in [1.807, 2.05) is 0 Å². The molecule has 1 N–H and O–H groups in total. The molecule has 1 fully saturated rings. The van der Waals surface area contributed by atoms with Gasteiger partial charge in [-0.3, -0.25) is 0 Å². The second-order valence-corrected chi connectivity index (χ2v) is 5.20. The third-order valence-corrected chi connectivity index (χ3v) is 4.02. The zero-order valence-corrected chi connectivity index (χ0v) is 10.3. The van der Waals surface area contributed by atoms with Crippen molar-refractivity contribution < 1.29 is 4.74 Å². The zero-order chi connectivity index (χ0) is 11.5. The summed E-state index contributed by atoms with van der Waals surface area (Å²) in [5, 5.41) is 3.83. The predicted octanol–water partition coefficient (Wildman–Crippen LogP) is 2.83. The Kier molecular flexibility index (Phi) is 3.44. The maximum Gasteiger partial charge on any atom is 0.0480 e. The molecule has 0 aromatic heterocycles. The molecule has 0 amide bonds. The van der Waals surface area contributed by atoms with Crippen molar-refractivity contribution in [2.24, 2.45) is 0 Å². The Labute approximate surface area is 103 Å². The number of hydrogen-bond acceptors (Lipinski definition) is 2. The van der Waals surface area contributed by atoms with E-state index in [-0.39, 0.29) is 0 Å². The van der Waals surface area contributed by atoms with Gasteiger partial charge in [0.25, 0.3) is 0 Å². The van der Waals surface area contributed by atoms with Crippen molar-refractivity contribution in [2.75, 3.05) is 13.2 Å². The van der Waals surface area contributed by atoms with Crippen LogP contribution in [0.15, 0.2) is 24.3 Å². The first kappa shape index (κ1) is 11.2. The van der Waals surface area contributed by atoms with Gasteiger partial charge in [-0.05, 0) is 43.2 Å². The molecule has 2 heteroatoms. The van der Waals surface area contributed by atoms with Crippen molar-refractivity contribution in [1.29, 1.82) is 0 Å². The molecule has 0 bridgehead atoms. The van der Waals surface area contributed by atoms with Crippen molar-refractivity contribution in [2.45, 2.75) is 44.2 Å². The van der Waals surface area contributed by atoms with Crippen molar-refractivity contribution >= 4 is 0 Å². The summed E-state index contributed by atoms with van der Waals surface area (Å²) in [5.74, 6) is 0. The molecule has 17 heavy (non-hydrogen) atoms. The fourth-order valence-electron chi connectivity index (χ4n) is 3.09. The van der Waals surface area contributed by atoms with E-state index in [1.54, 1.807) is 0 Å². The van der Waals surface area contributed by atoms with Gasteiger partial charge < -0.3 is 10.1 Å². The van der Waals surface area contributed by atoms with E-state index in [4.69, 9.17) is 4.74 Å². The molecule has 1 aromatic carbocycles. The van der Waals surface area contributed by atoms with Crippen LogP contribution in [-0.4, -0.2) is 19.3 Å². The van der Waals surface area contributed by atoms with E-state index >= 15 is 0 Å². The summed E-state index contributed by atoms with van der Waals surface area (Å²) in [7, 11) is 0. The highest BCUT2D eigenvalue weighted by molar-refractivity contribution is 5.34. The molecule has 2 atom stereocenters. The third kappa shape index (κ3) is 2.53. The van der Waals surface area contributed by atoms with Gasteiger partial charge in [0.05, 0.1) is 0 Å². The second-order valence-electron chi connectivity index (χ2n) is 5.20. The molecule has 0 radical (unpaired) electrons. The van der Waals surface area contributed by atoms with Gasteiger partial charge in [-0.25, -0.2) is 0 Å². The zero-order valence-electron chi connectivity index (χ0n) is 10.3. The number of hydrogen-bond donors (Lipinski definition) is 1. The Morgan fingerprint density at radius 2 is 2.00 bits per heavy atom. The van der Waals surface area contributed by atoms with Crippen LogP contribution in [0.5, 0.6) is 0 Å². The number of fused-ring (bicyclic) bond motifs is 1. The normalized spacial score (nSPS) is 28.7. The Bertz CT molecular complexity index is 369. The van der Waals surface area contributed by atoms with E-state index in [2.05, 4.69) is 29.6 Å². The lowest BCUT2D eigenvalue weighted by atomic mass is 10.0. The average molecular weight is 231 g/mol. The largest absolute Gasteiger partial charge is 0.381 e. The molecule has 1 aromatic rings. The fraction of sp³-hybridized carbons (Fsp3) is 0.600. The monoisotopic (exact) mass is 231 g/mol. The van der Waals surface area contributed by atoms with Gasteiger partial charge in [0.2, 0.25) is 0 Å². The van der Waals surface area contributed by atoms with Crippen LogP contribution in [-0.2, 0) is 11.2 Å². The van der Waals surface area contributed by atoms with Gasteiger partial charge in [-0.1, -0.05) is 24.3 Å². The Morgan fingerprint density at radius 3 is 3.00 bits per heavy atom. The minimum atomic E-state index is 0.578. The number of aryl methyl sites for hydroxylation is 1. The van der Waals surface area contributed by atoms with Crippen LogP contribution in [0.4, 0.5) is 0 Å². The first-order chi connectivity index (χ1) is 8.43. The van der Waals surface area contributed by atoms with Crippen molar-refractivity contribution in [3.8, 4) is 0 Å². The number of ether oxygens (including phenoxy) is 1. The molecule has 0 saturated carbocycles. The van der Waals surface area contributed by atoms with E-state index in [0.29, 0.717) is 12.1 Å². The number of nitrogens with one attached hydrogen (secondary N) is 1. The summed E-state index contributed by atoms with van der Waals surface area (Å²) in [5.41, 5.74) is 3.06. The molecule has 2 aliphatic rings. The van der Waals surface area contributed by atoms with Crippen LogP contribution in [0.2, 0.25) is 0 Å². The summed E-state index contributed by atoms with van der Waals surface area (Å²) in [6.07, 6.45) is 6.12. The lowest BCUT2D eigenvalue weighted by molar-refractivity contribution is 0.142. The van der Waals surface area contributed by atoms with Gasteiger partial charge >= 0.3 is 0 Å². The Hall–Kier alpha value is -0.860. The molecule has 3 rings (SSSR count). The predicted molar refractivity (Wildman–Crippen MR) is 69.1 cm³/mol.